The van der Waals surface area contributed by atoms with Crippen LogP contribution in [0.1, 0.15) is 103 Å². The van der Waals surface area contributed by atoms with Gasteiger partial charge in [-0.25, -0.2) is 0 Å². The Hall–Kier alpha value is -4.26. The van der Waals surface area contributed by atoms with Crippen LogP contribution in [-0.2, 0) is 33.4 Å². The van der Waals surface area contributed by atoms with Gasteiger partial charge < -0.3 is 11.5 Å². The molecule has 0 aliphatic heterocycles. The number of hydrogen-bond acceptors (Lipinski definition) is 0. The molecule has 1 spiro atoms. The van der Waals surface area contributed by atoms with E-state index in [9.17, 15) is 0 Å². The molecule has 7 heteroatoms. The number of benzene rings is 8. The van der Waals surface area contributed by atoms with Crippen molar-refractivity contribution in [3.05, 3.63) is 259 Å². The fourth-order valence-corrected chi connectivity index (χ4v) is 18.5. The summed E-state index contributed by atoms with van der Waals surface area (Å²) in [5.41, 5.74) is 35.4. The van der Waals surface area contributed by atoms with Gasteiger partial charge in [-0.1, -0.05) is 120 Å². The Labute approximate surface area is 436 Å². The van der Waals surface area contributed by atoms with E-state index in [0.717, 1.165) is 24.0 Å². The molecule has 8 aromatic rings. The van der Waals surface area contributed by atoms with Gasteiger partial charge in [-0.2, -0.15) is 0 Å². The van der Waals surface area contributed by atoms with Crippen LogP contribution in [0, 0.1) is 55.4 Å². The van der Waals surface area contributed by atoms with Gasteiger partial charge in [-0.05, 0) is 197 Å². The molecule has 0 fully saturated rings. The predicted molar refractivity (Wildman–Crippen MR) is 307 cm³/mol. The molecule has 0 radical (unpaired) electrons. The fraction of sp³-hybridized carbons (Fsp3) is 0.238. The molecule has 2 N–H and O–H groups in total. The first-order valence-electron chi connectivity index (χ1n) is 24.4. The summed E-state index contributed by atoms with van der Waals surface area (Å²) in [6.45, 7) is 18.2. The Bertz CT molecular complexity index is 2710. The fourth-order valence-electron chi connectivity index (χ4n) is 11.7. The normalized spacial score (nSPS) is 14.1. The third-order valence-electron chi connectivity index (χ3n) is 14.1. The van der Waals surface area contributed by atoms with E-state index in [1.807, 2.05) is 60.7 Å². The molecule has 0 bridgehead atoms. The molecule has 10 rings (SSSR count). The molecule has 0 saturated carbocycles. The topological polar surface area (TPSA) is 47.6 Å². The maximum Gasteiger partial charge on any atom is -0.0606 e. The van der Waals surface area contributed by atoms with Gasteiger partial charge in [0.2, 0.25) is 0 Å². The molecular weight excluding hydrogens is 1020 g/mol. The molecule has 2 nitrogen and oxygen atoms in total. The minimum Gasteiger partial charge on any atom is -0.672 e. The van der Waals surface area contributed by atoms with Crippen molar-refractivity contribution >= 4 is 67.1 Å². The van der Waals surface area contributed by atoms with Gasteiger partial charge in [-0.15, -0.1) is 12.1 Å². The van der Waals surface area contributed by atoms with E-state index in [4.69, 9.17) is 30.8 Å². The number of rotatable bonds is 9. The van der Waals surface area contributed by atoms with Gasteiger partial charge in [0.25, 0.3) is 0 Å². The molecule has 0 aromatic heterocycles. The summed E-state index contributed by atoms with van der Waals surface area (Å²) in [6.07, 6.45) is 4.71. The molecule has 0 heterocycles. The van der Waals surface area contributed by atoms with Gasteiger partial charge in [0, 0.05) is 16.5 Å². The zero-order valence-electron chi connectivity index (χ0n) is 41.8. The first-order valence-corrected chi connectivity index (χ1v) is 31.9. The maximum absolute atomic E-state index is 8.07. The van der Waals surface area contributed by atoms with Crippen LogP contribution in [0.4, 0.5) is 0 Å². The zero-order chi connectivity index (χ0) is 49.7. The van der Waals surface area contributed by atoms with E-state index in [0.29, 0.717) is 0 Å². The SMILES string of the molecule is Cc1cc(C)cc([PH+](c2cc(C)cc(C)c2)c2cccc3c2C2(CC3)CCc3cccc([PH+](c4cc(C)cc(C)c4)c4cc(C)cc(C)c4)c32)c1.[Cl][Ru+2][Cl].[NH-][C@H](c1ccccc1)[C@H]([NH-])c1ccccc1. The molecule has 358 valence electrons. The van der Waals surface area contributed by atoms with E-state index < -0.39 is 27.9 Å². The Morgan fingerprint density at radius 3 is 0.943 bits per heavy atom. The van der Waals surface area contributed by atoms with Gasteiger partial charge >= 0.3 is 34.5 Å². The van der Waals surface area contributed by atoms with E-state index in [2.05, 4.69) is 165 Å². The zero-order valence-corrected chi connectivity index (χ0v) is 47.0. The smallest absolute Gasteiger partial charge is 0.0606 e. The van der Waals surface area contributed by atoms with Crippen molar-refractivity contribution in [2.24, 2.45) is 0 Å². The monoisotopic (exact) mass is 1080 g/mol. The van der Waals surface area contributed by atoms with Crippen LogP contribution in [0.3, 0.4) is 0 Å². The quantitative estimate of drug-likeness (QED) is 0.102. The van der Waals surface area contributed by atoms with Gasteiger partial charge in [0.15, 0.2) is 0 Å². The molecule has 2 aliphatic carbocycles. The summed E-state index contributed by atoms with van der Waals surface area (Å²) < 4.78 is 0. The summed E-state index contributed by atoms with van der Waals surface area (Å²) in [5, 5.41) is 9.28. The molecule has 70 heavy (non-hydrogen) atoms. The van der Waals surface area contributed by atoms with Crippen LogP contribution in [0.5, 0.6) is 0 Å². The van der Waals surface area contributed by atoms with Crippen LogP contribution in [0.25, 0.3) is 11.5 Å². The molecule has 0 unspecified atom stereocenters. The van der Waals surface area contributed by atoms with Crippen molar-refractivity contribution in [3.63, 3.8) is 0 Å². The Balaban J connectivity index is 0.000000291. The summed E-state index contributed by atoms with van der Waals surface area (Å²) in [6, 6.07) is 62.2. The van der Waals surface area contributed by atoms with Crippen molar-refractivity contribution in [1.82, 2.24) is 0 Å². The first kappa shape index (κ1) is 52.1. The van der Waals surface area contributed by atoms with Crippen LogP contribution < -0.4 is 31.8 Å². The van der Waals surface area contributed by atoms with Crippen molar-refractivity contribution in [1.29, 1.82) is 0 Å². The maximum atomic E-state index is 8.07. The summed E-state index contributed by atoms with van der Waals surface area (Å²) in [4.78, 5) is 0. The average molecular weight is 1090 g/mol. The van der Waals surface area contributed by atoms with E-state index in [1.54, 1.807) is 32.9 Å². The number of nitrogens with one attached hydrogen (secondary N) is 2. The van der Waals surface area contributed by atoms with Crippen molar-refractivity contribution in [2.75, 3.05) is 0 Å². The predicted octanol–water partition coefficient (Wildman–Crippen LogP) is 15.3. The summed E-state index contributed by atoms with van der Waals surface area (Å²) in [5.74, 6) is 0. The second kappa shape index (κ2) is 23.1. The number of aryl methyl sites for hydroxylation is 10. The molecule has 0 amide bonds. The van der Waals surface area contributed by atoms with Gasteiger partial charge in [0.05, 0.1) is 15.8 Å². The minimum absolute atomic E-state index is 0.0269. The molecular formula is C63H66Cl2N2P2Ru+2. The second-order valence-corrected chi connectivity index (χ2v) is 27.4. The summed E-state index contributed by atoms with van der Waals surface area (Å²) in [7, 11) is 7.10. The molecule has 2 aliphatic rings. The third-order valence-corrected chi connectivity index (χ3v) is 19.5. The van der Waals surface area contributed by atoms with E-state index in [1.165, 1.54) is 78.6 Å². The largest absolute Gasteiger partial charge is 0.672 e. The standard InChI is InChI=1S/C49H50P2.C14H14N2.2ClH.Ru/c1-31-19-32(2)24-41(23-31)50(42-25-33(3)20-34(4)26-42)45-13-9-11-39-15-17-49(47(39)45)18-16-40-12-10-14-46(48(40)49)51(43-27-35(5)21-36(6)28-43)44-29-37(7)22-38(8)30-44;15-13(11-7-3-1-4-8-11)14(16)12-9-5-2-6-10-12;;;/h9-14,19-30H,15-18H2,1-8H3;1-10,13-16H;2*1H;/q;-2;;;+4/t;13-,14-;;;/m.1.../s1. The number of hydrogen-bond donors (Lipinski definition) is 0. The molecule has 8 aromatic carbocycles. The minimum atomic E-state index is -1.30. The molecule has 0 saturated heterocycles. The van der Waals surface area contributed by atoms with Gasteiger partial charge in [0.1, 0.15) is 31.8 Å². The number of halogens is 2. The van der Waals surface area contributed by atoms with Crippen molar-refractivity contribution < 1.29 is 15.1 Å². The Morgan fingerprint density at radius 2 is 0.671 bits per heavy atom. The van der Waals surface area contributed by atoms with Crippen LogP contribution >= 0.6 is 35.2 Å². The number of fused-ring (bicyclic) bond motifs is 4. The Kier molecular flexibility index (Phi) is 17.2. The first-order chi connectivity index (χ1) is 33.7. The molecule has 2 atom stereocenters. The van der Waals surface area contributed by atoms with Crippen molar-refractivity contribution in [3.8, 4) is 0 Å². The Morgan fingerprint density at radius 1 is 0.400 bits per heavy atom. The van der Waals surface area contributed by atoms with Crippen LogP contribution in [-0.4, -0.2) is 0 Å². The summed E-state index contributed by atoms with van der Waals surface area (Å²) >= 11 is -0.346. The van der Waals surface area contributed by atoms with E-state index in [-0.39, 0.29) is 20.6 Å². The third kappa shape index (κ3) is 11.5. The van der Waals surface area contributed by atoms with Gasteiger partial charge in [-0.3, -0.25) is 0 Å². The average Bonchev–Trinajstić information content (AvgIpc) is 3.90. The van der Waals surface area contributed by atoms with E-state index >= 15 is 0 Å². The van der Waals surface area contributed by atoms with Crippen molar-refractivity contribution in [2.45, 2.75) is 98.6 Å². The van der Waals surface area contributed by atoms with Crippen LogP contribution in [0.15, 0.2) is 170 Å². The van der Waals surface area contributed by atoms with Crippen LogP contribution in [0.2, 0.25) is 0 Å². The second-order valence-electron chi connectivity index (χ2n) is 19.8.